The number of hydrogen-bond acceptors (Lipinski definition) is 3. The van der Waals surface area contributed by atoms with E-state index in [1.165, 1.54) is 71.4 Å². The molecule has 1 atom stereocenters. The van der Waals surface area contributed by atoms with Gasteiger partial charge >= 0.3 is 0 Å². The average molecular weight is 296 g/mol. The molecule has 1 aliphatic carbocycles. The van der Waals surface area contributed by atoms with Gasteiger partial charge in [0.25, 0.3) is 0 Å². The lowest BCUT2D eigenvalue weighted by atomic mass is 9.81. The van der Waals surface area contributed by atoms with E-state index >= 15 is 0 Å². The van der Waals surface area contributed by atoms with Crippen LogP contribution in [0.5, 0.6) is 0 Å². The summed E-state index contributed by atoms with van der Waals surface area (Å²) in [5.41, 5.74) is 0.487. The number of likely N-dealkylation sites (N-methyl/N-ethyl adjacent to an activating group) is 1. The van der Waals surface area contributed by atoms with Crippen LogP contribution in [0.3, 0.4) is 0 Å². The Hall–Kier alpha value is -0.120. The second kappa shape index (κ2) is 7.94. The SMILES string of the molecule is CCN(CC)C1CCN(CC(CC)(CC)CNC2CC2)C1. The molecule has 0 spiro atoms. The van der Waals surface area contributed by atoms with Crippen LogP contribution in [0.1, 0.15) is 59.8 Å². The Balaban J connectivity index is 1.85. The molecule has 1 aliphatic heterocycles. The molecule has 1 heterocycles. The van der Waals surface area contributed by atoms with Gasteiger partial charge in [-0.1, -0.05) is 27.7 Å². The molecule has 0 bridgehead atoms. The van der Waals surface area contributed by atoms with Gasteiger partial charge in [-0.2, -0.15) is 0 Å². The smallest absolute Gasteiger partial charge is 0.0235 e. The Bertz CT molecular complexity index is 293. The van der Waals surface area contributed by atoms with Crippen LogP contribution >= 0.6 is 0 Å². The fraction of sp³-hybridized carbons (Fsp3) is 1.00. The van der Waals surface area contributed by atoms with Crippen molar-refractivity contribution in [2.24, 2.45) is 5.41 Å². The minimum Gasteiger partial charge on any atom is -0.313 e. The van der Waals surface area contributed by atoms with Gasteiger partial charge in [0.2, 0.25) is 0 Å². The van der Waals surface area contributed by atoms with Gasteiger partial charge in [0.15, 0.2) is 0 Å². The fourth-order valence-corrected chi connectivity index (χ4v) is 3.90. The largest absolute Gasteiger partial charge is 0.313 e. The zero-order valence-electron chi connectivity index (χ0n) is 14.8. The lowest BCUT2D eigenvalue weighted by Crippen LogP contribution is -2.45. The summed E-state index contributed by atoms with van der Waals surface area (Å²) in [7, 11) is 0. The summed E-state index contributed by atoms with van der Waals surface area (Å²) < 4.78 is 0. The van der Waals surface area contributed by atoms with Crippen molar-refractivity contribution in [2.75, 3.05) is 39.3 Å². The minimum atomic E-state index is 0.487. The third-order valence-corrected chi connectivity index (χ3v) is 5.98. The fourth-order valence-electron chi connectivity index (χ4n) is 3.90. The van der Waals surface area contributed by atoms with E-state index < -0.39 is 0 Å². The van der Waals surface area contributed by atoms with Gasteiger partial charge in [-0.25, -0.2) is 0 Å². The van der Waals surface area contributed by atoms with Crippen molar-refractivity contribution >= 4 is 0 Å². The summed E-state index contributed by atoms with van der Waals surface area (Å²) in [5, 5.41) is 3.79. The van der Waals surface area contributed by atoms with E-state index in [4.69, 9.17) is 0 Å². The lowest BCUT2D eigenvalue weighted by molar-refractivity contribution is 0.141. The van der Waals surface area contributed by atoms with Gasteiger partial charge in [0.1, 0.15) is 0 Å². The van der Waals surface area contributed by atoms with Gasteiger partial charge in [-0.15, -0.1) is 0 Å². The van der Waals surface area contributed by atoms with Crippen molar-refractivity contribution in [1.82, 2.24) is 15.1 Å². The van der Waals surface area contributed by atoms with Crippen molar-refractivity contribution < 1.29 is 0 Å². The highest BCUT2D eigenvalue weighted by Gasteiger charge is 2.34. The van der Waals surface area contributed by atoms with E-state index in [9.17, 15) is 0 Å². The molecule has 0 aromatic heterocycles. The Labute approximate surface area is 132 Å². The molecule has 0 radical (unpaired) electrons. The van der Waals surface area contributed by atoms with Crippen LogP contribution in [0, 0.1) is 5.41 Å². The molecule has 3 heteroatoms. The molecule has 0 aromatic carbocycles. The number of rotatable bonds is 10. The van der Waals surface area contributed by atoms with Crippen molar-refractivity contribution in [3.05, 3.63) is 0 Å². The summed E-state index contributed by atoms with van der Waals surface area (Å²) in [6.07, 6.45) is 6.76. The van der Waals surface area contributed by atoms with E-state index in [0.29, 0.717) is 5.41 Å². The van der Waals surface area contributed by atoms with Crippen LogP contribution in [-0.4, -0.2) is 61.2 Å². The molecule has 2 rings (SSSR count). The third kappa shape index (κ3) is 4.67. The van der Waals surface area contributed by atoms with E-state index in [2.05, 4.69) is 42.8 Å². The molecule has 0 aromatic rings. The standard InChI is InChI=1S/C18H37N3/c1-5-18(6-2,14-19-16-9-10-16)15-20-12-11-17(13-20)21(7-3)8-4/h16-17,19H,5-15H2,1-4H3. The summed E-state index contributed by atoms with van der Waals surface area (Å²) in [4.78, 5) is 5.38. The Kier molecular flexibility index (Phi) is 6.51. The molecular weight excluding hydrogens is 258 g/mol. The molecule has 124 valence electrons. The minimum absolute atomic E-state index is 0.487. The second-order valence-electron chi connectivity index (χ2n) is 7.26. The number of nitrogens with one attached hydrogen (secondary N) is 1. The quantitative estimate of drug-likeness (QED) is 0.668. The van der Waals surface area contributed by atoms with Gasteiger partial charge in [-0.3, -0.25) is 4.90 Å². The Morgan fingerprint density at radius 1 is 1.05 bits per heavy atom. The van der Waals surface area contributed by atoms with E-state index in [-0.39, 0.29) is 0 Å². The highest BCUT2D eigenvalue weighted by molar-refractivity contribution is 4.91. The number of hydrogen-bond donors (Lipinski definition) is 1. The van der Waals surface area contributed by atoms with E-state index in [0.717, 1.165) is 12.1 Å². The molecule has 1 unspecified atom stereocenters. The predicted molar refractivity (Wildman–Crippen MR) is 91.8 cm³/mol. The molecule has 1 saturated heterocycles. The highest BCUT2D eigenvalue weighted by Crippen LogP contribution is 2.31. The van der Waals surface area contributed by atoms with E-state index in [1.54, 1.807) is 0 Å². The summed E-state index contributed by atoms with van der Waals surface area (Å²) in [6, 6.07) is 1.63. The first-order chi connectivity index (χ1) is 10.2. The maximum atomic E-state index is 3.79. The average Bonchev–Trinajstić information content (AvgIpc) is 3.24. The van der Waals surface area contributed by atoms with Gasteiger partial charge in [0, 0.05) is 31.7 Å². The Morgan fingerprint density at radius 3 is 2.24 bits per heavy atom. The van der Waals surface area contributed by atoms with Crippen molar-refractivity contribution in [2.45, 2.75) is 71.9 Å². The molecule has 21 heavy (non-hydrogen) atoms. The number of nitrogens with zero attached hydrogens (tertiary/aromatic N) is 2. The van der Waals surface area contributed by atoms with Gasteiger partial charge in [-0.05, 0) is 57.2 Å². The van der Waals surface area contributed by atoms with Crippen LogP contribution in [0.25, 0.3) is 0 Å². The molecule has 2 aliphatic rings. The maximum absolute atomic E-state index is 3.79. The van der Waals surface area contributed by atoms with Crippen LogP contribution < -0.4 is 5.32 Å². The summed E-state index contributed by atoms with van der Waals surface area (Å²) in [5.74, 6) is 0. The van der Waals surface area contributed by atoms with Gasteiger partial charge < -0.3 is 10.2 Å². The first kappa shape index (κ1) is 17.2. The molecule has 0 amide bonds. The molecule has 3 nitrogen and oxygen atoms in total. The van der Waals surface area contributed by atoms with Crippen LogP contribution in [0.2, 0.25) is 0 Å². The Morgan fingerprint density at radius 2 is 1.71 bits per heavy atom. The summed E-state index contributed by atoms with van der Waals surface area (Å²) in [6.45, 7) is 16.9. The normalized spacial score (nSPS) is 24.1. The van der Waals surface area contributed by atoms with E-state index in [1.807, 2.05) is 0 Å². The number of likely N-dealkylation sites (tertiary alicyclic amines) is 1. The molecule has 1 N–H and O–H groups in total. The van der Waals surface area contributed by atoms with Crippen molar-refractivity contribution in [3.8, 4) is 0 Å². The van der Waals surface area contributed by atoms with Crippen molar-refractivity contribution in [1.29, 1.82) is 0 Å². The predicted octanol–water partition coefficient (Wildman–Crippen LogP) is 2.96. The monoisotopic (exact) mass is 295 g/mol. The zero-order chi connectivity index (χ0) is 15.3. The topological polar surface area (TPSA) is 18.5 Å². The van der Waals surface area contributed by atoms with Crippen LogP contribution in [0.4, 0.5) is 0 Å². The zero-order valence-corrected chi connectivity index (χ0v) is 14.8. The summed E-state index contributed by atoms with van der Waals surface area (Å²) >= 11 is 0. The third-order valence-electron chi connectivity index (χ3n) is 5.98. The molecular formula is C18H37N3. The molecule has 2 fully saturated rings. The first-order valence-electron chi connectivity index (χ1n) is 9.36. The van der Waals surface area contributed by atoms with Crippen molar-refractivity contribution in [3.63, 3.8) is 0 Å². The maximum Gasteiger partial charge on any atom is 0.0235 e. The lowest BCUT2D eigenvalue weighted by Gasteiger charge is -2.36. The highest BCUT2D eigenvalue weighted by atomic mass is 15.3. The first-order valence-corrected chi connectivity index (χ1v) is 9.36. The second-order valence-corrected chi connectivity index (χ2v) is 7.26. The van der Waals surface area contributed by atoms with Crippen LogP contribution in [-0.2, 0) is 0 Å². The van der Waals surface area contributed by atoms with Gasteiger partial charge in [0.05, 0.1) is 0 Å². The van der Waals surface area contributed by atoms with Crippen LogP contribution in [0.15, 0.2) is 0 Å². The molecule has 1 saturated carbocycles.